The first-order chi connectivity index (χ1) is 9.15. The zero-order chi connectivity index (χ0) is 13.8. The number of hydrogen-bond acceptors (Lipinski definition) is 3. The van der Waals surface area contributed by atoms with Crippen molar-refractivity contribution in [3.8, 4) is 22.6 Å². The van der Waals surface area contributed by atoms with Crippen LogP contribution in [0.4, 0.5) is 0 Å². The van der Waals surface area contributed by atoms with E-state index in [1.807, 2.05) is 30.3 Å². The molecule has 0 bridgehead atoms. The third kappa shape index (κ3) is 2.68. The Hall–Kier alpha value is -2.49. The summed E-state index contributed by atoms with van der Waals surface area (Å²) >= 11 is 0. The van der Waals surface area contributed by atoms with E-state index >= 15 is 0 Å². The number of hydrogen-bond donors (Lipinski definition) is 1. The standard InChI is InChI=1S/C15H15NO3/c1-18-13-8-7-12(9-14(13)19-2)10-3-5-11(6-4-10)15(16)17/h3-9H,1-2H3,(H2,16,17). The van der Waals surface area contributed by atoms with Crippen LogP contribution >= 0.6 is 0 Å². The van der Waals surface area contributed by atoms with Gasteiger partial charge in [-0.3, -0.25) is 4.79 Å². The van der Waals surface area contributed by atoms with Crippen LogP contribution in [0.15, 0.2) is 42.5 Å². The minimum absolute atomic E-state index is 0.432. The van der Waals surface area contributed by atoms with Crippen molar-refractivity contribution in [1.82, 2.24) is 0 Å². The summed E-state index contributed by atoms with van der Waals surface area (Å²) < 4.78 is 10.5. The average Bonchev–Trinajstić information content (AvgIpc) is 2.46. The second-order valence-electron chi connectivity index (χ2n) is 4.01. The first-order valence-corrected chi connectivity index (χ1v) is 5.78. The number of primary amides is 1. The zero-order valence-corrected chi connectivity index (χ0v) is 10.8. The molecule has 2 rings (SSSR count). The second kappa shape index (κ2) is 5.44. The van der Waals surface area contributed by atoms with E-state index in [0.717, 1.165) is 11.1 Å². The maximum atomic E-state index is 11.0. The monoisotopic (exact) mass is 257 g/mol. The van der Waals surface area contributed by atoms with Gasteiger partial charge in [0.2, 0.25) is 5.91 Å². The van der Waals surface area contributed by atoms with Gasteiger partial charge in [0.15, 0.2) is 11.5 Å². The highest BCUT2D eigenvalue weighted by molar-refractivity contribution is 5.93. The van der Waals surface area contributed by atoms with Crippen LogP contribution in [0.5, 0.6) is 11.5 Å². The van der Waals surface area contributed by atoms with E-state index in [-0.39, 0.29) is 0 Å². The predicted molar refractivity (Wildman–Crippen MR) is 73.5 cm³/mol. The molecule has 0 aliphatic rings. The van der Waals surface area contributed by atoms with E-state index in [1.165, 1.54) is 0 Å². The molecule has 0 fully saturated rings. The van der Waals surface area contributed by atoms with Crippen LogP contribution in [-0.2, 0) is 0 Å². The number of methoxy groups -OCH3 is 2. The Bertz CT molecular complexity index is 591. The van der Waals surface area contributed by atoms with Gasteiger partial charge in [-0.25, -0.2) is 0 Å². The van der Waals surface area contributed by atoms with Gasteiger partial charge in [0.05, 0.1) is 14.2 Å². The maximum absolute atomic E-state index is 11.0. The molecule has 19 heavy (non-hydrogen) atoms. The lowest BCUT2D eigenvalue weighted by molar-refractivity contribution is 0.100. The van der Waals surface area contributed by atoms with Crippen LogP contribution in [0.25, 0.3) is 11.1 Å². The molecule has 2 N–H and O–H groups in total. The Morgan fingerprint density at radius 1 is 0.895 bits per heavy atom. The molecule has 4 heteroatoms. The molecular formula is C15H15NO3. The number of ether oxygens (including phenoxy) is 2. The van der Waals surface area contributed by atoms with Crippen molar-refractivity contribution in [1.29, 1.82) is 0 Å². The SMILES string of the molecule is COc1ccc(-c2ccc(C(N)=O)cc2)cc1OC. The van der Waals surface area contributed by atoms with Gasteiger partial charge in [-0.1, -0.05) is 18.2 Å². The fraction of sp³-hybridized carbons (Fsp3) is 0.133. The Labute approximate surface area is 111 Å². The minimum Gasteiger partial charge on any atom is -0.493 e. The molecule has 0 aromatic heterocycles. The number of carbonyl (C=O) groups is 1. The summed E-state index contributed by atoms with van der Waals surface area (Å²) in [6.45, 7) is 0. The summed E-state index contributed by atoms with van der Waals surface area (Å²) in [6, 6.07) is 12.8. The molecular weight excluding hydrogens is 242 g/mol. The topological polar surface area (TPSA) is 61.5 Å². The molecule has 0 spiro atoms. The van der Waals surface area contributed by atoms with Gasteiger partial charge in [-0.15, -0.1) is 0 Å². The van der Waals surface area contributed by atoms with Crippen LogP contribution in [0.3, 0.4) is 0 Å². The fourth-order valence-electron chi connectivity index (χ4n) is 1.84. The van der Waals surface area contributed by atoms with Crippen LogP contribution in [-0.4, -0.2) is 20.1 Å². The Morgan fingerprint density at radius 2 is 1.47 bits per heavy atom. The van der Waals surface area contributed by atoms with E-state index in [1.54, 1.807) is 26.4 Å². The number of benzene rings is 2. The van der Waals surface area contributed by atoms with Crippen LogP contribution < -0.4 is 15.2 Å². The molecule has 0 heterocycles. The molecule has 1 amide bonds. The highest BCUT2D eigenvalue weighted by Gasteiger charge is 2.07. The third-order valence-corrected chi connectivity index (χ3v) is 2.89. The number of amides is 1. The highest BCUT2D eigenvalue weighted by Crippen LogP contribution is 2.32. The van der Waals surface area contributed by atoms with Crippen molar-refractivity contribution in [2.75, 3.05) is 14.2 Å². The molecule has 0 saturated heterocycles. The molecule has 0 radical (unpaired) electrons. The molecule has 0 saturated carbocycles. The van der Waals surface area contributed by atoms with Gasteiger partial charge in [0, 0.05) is 5.56 Å². The third-order valence-electron chi connectivity index (χ3n) is 2.89. The average molecular weight is 257 g/mol. The lowest BCUT2D eigenvalue weighted by Crippen LogP contribution is -2.10. The van der Waals surface area contributed by atoms with E-state index in [9.17, 15) is 4.79 Å². The van der Waals surface area contributed by atoms with Gasteiger partial charge >= 0.3 is 0 Å². The molecule has 2 aromatic rings. The number of rotatable bonds is 4. The highest BCUT2D eigenvalue weighted by atomic mass is 16.5. The molecule has 4 nitrogen and oxygen atoms in total. The lowest BCUT2D eigenvalue weighted by Gasteiger charge is -2.09. The van der Waals surface area contributed by atoms with Crippen molar-refractivity contribution >= 4 is 5.91 Å². The fourth-order valence-corrected chi connectivity index (χ4v) is 1.84. The van der Waals surface area contributed by atoms with Gasteiger partial charge in [-0.2, -0.15) is 0 Å². The summed E-state index contributed by atoms with van der Waals surface area (Å²) in [7, 11) is 3.19. The second-order valence-corrected chi connectivity index (χ2v) is 4.01. The summed E-state index contributed by atoms with van der Waals surface area (Å²) in [5.74, 6) is 0.915. The smallest absolute Gasteiger partial charge is 0.248 e. The van der Waals surface area contributed by atoms with E-state index in [4.69, 9.17) is 15.2 Å². The molecule has 0 atom stereocenters. The molecule has 0 unspecified atom stereocenters. The normalized spacial score (nSPS) is 10.0. The summed E-state index contributed by atoms with van der Waals surface area (Å²) in [6.07, 6.45) is 0. The van der Waals surface area contributed by atoms with E-state index in [0.29, 0.717) is 17.1 Å². The first kappa shape index (κ1) is 13.0. The van der Waals surface area contributed by atoms with Crippen molar-refractivity contribution in [2.45, 2.75) is 0 Å². The molecule has 2 aromatic carbocycles. The van der Waals surface area contributed by atoms with Crippen molar-refractivity contribution in [2.24, 2.45) is 5.73 Å². The summed E-state index contributed by atoms with van der Waals surface area (Å²) in [4.78, 5) is 11.0. The molecule has 0 aliphatic carbocycles. The van der Waals surface area contributed by atoms with Gasteiger partial charge < -0.3 is 15.2 Å². The largest absolute Gasteiger partial charge is 0.493 e. The lowest BCUT2D eigenvalue weighted by atomic mass is 10.0. The van der Waals surface area contributed by atoms with Crippen molar-refractivity contribution in [3.05, 3.63) is 48.0 Å². The van der Waals surface area contributed by atoms with Crippen LogP contribution in [0.1, 0.15) is 10.4 Å². The minimum atomic E-state index is -0.432. The van der Waals surface area contributed by atoms with Gasteiger partial charge in [0.1, 0.15) is 0 Å². The van der Waals surface area contributed by atoms with E-state index < -0.39 is 5.91 Å². The Morgan fingerprint density at radius 3 is 2.00 bits per heavy atom. The van der Waals surface area contributed by atoms with Gasteiger partial charge in [0.25, 0.3) is 0 Å². The van der Waals surface area contributed by atoms with Gasteiger partial charge in [-0.05, 0) is 35.4 Å². The first-order valence-electron chi connectivity index (χ1n) is 5.78. The predicted octanol–water partition coefficient (Wildman–Crippen LogP) is 2.47. The zero-order valence-electron chi connectivity index (χ0n) is 10.8. The number of nitrogens with two attached hydrogens (primary N) is 1. The summed E-state index contributed by atoms with van der Waals surface area (Å²) in [5.41, 5.74) is 7.66. The Kier molecular flexibility index (Phi) is 3.71. The maximum Gasteiger partial charge on any atom is 0.248 e. The van der Waals surface area contributed by atoms with Crippen molar-refractivity contribution < 1.29 is 14.3 Å². The van der Waals surface area contributed by atoms with Crippen LogP contribution in [0.2, 0.25) is 0 Å². The molecule has 0 aliphatic heterocycles. The summed E-state index contributed by atoms with van der Waals surface area (Å²) in [5, 5.41) is 0. The van der Waals surface area contributed by atoms with Crippen LogP contribution in [0, 0.1) is 0 Å². The Balaban J connectivity index is 2.38. The number of carbonyl (C=O) groups excluding carboxylic acids is 1. The quantitative estimate of drug-likeness (QED) is 0.915. The van der Waals surface area contributed by atoms with E-state index in [2.05, 4.69) is 0 Å². The molecule has 98 valence electrons. The van der Waals surface area contributed by atoms with Crippen molar-refractivity contribution in [3.63, 3.8) is 0 Å².